The molecular weight excluding hydrogens is 369 g/mol. The first-order chi connectivity index (χ1) is 14.0. The minimum Gasteiger partial charge on any atom is -0.507 e. The first kappa shape index (κ1) is 18.6. The van der Waals surface area contributed by atoms with E-state index in [1.165, 1.54) is 29.2 Å². The first-order valence-electron chi connectivity index (χ1n) is 9.16. The monoisotopic (exact) mass is 387 g/mol. The van der Waals surface area contributed by atoms with Crippen LogP contribution in [0.3, 0.4) is 0 Å². The van der Waals surface area contributed by atoms with Crippen LogP contribution >= 0.6 is 0 Å². The molecule has 1 aliphatic heterocycles. The summed E-state index contributed by atoms with van der Waals surface area (Å²) in [6, 6.07) is 17.7. The Kier molecular flexibility index (Phi) is 4.72. The van der Waals surface area contributed by atoms with Crippen LogP contribution in [0.15, 0.2) is 85.0 Å². The number of fused-ring (bicyclic) bond motifs is 1. The highest BCUT2D eigenvalue weighted by Gasteiger charge is 2.46. The van der Waals surface area contributed by atoms with Crippen LogP contribution in [-0.2, 0) is 9.59 Å². The second-order valence-electron chi connectivity index (χ2n) is 6.82. The van der Waals surface area contributed by atoms with Gasteiger partial charge in [-0.3, -0.25) is 9.59 Å². The van der Waals surface area contributed by atoms with Crippen LogP contribution in [0.4, 0.5) is 4.39 Å². The Morgan fingerprint density at radius 1 is 1.03 bits per heavy atom. The number of ketones is 1. The Balaban J connectivity index is 1.98. The summed E-state index contributed by atoms with van der Waals surface area (Å²) in [5, 5.41) is 12.8. The zero-order chi connectivity index (χ0) is 20.5. The SMILES string of the molecule is C=CCN1C(=O)C(=O)C(=C(O)c2ccc(F)cc2)C1c1cccc2ccccc12. The predicted molar refractivity (Wildman–Crippen MR) is 110 cm³/mol. The average Bonchev–Trinajstić information content (AvgIpc) is 2.98. The van der Waals surface area contributed by atoms with Crippen molar-refractivity contribution in [2.45, 2.75) is 6.04 Å². The highest BCUT2D eigenvalue weighted by molar-refractivity contribution is 6.46. The number of nitrogens with zero attached hydrogens (tertiary/aromatic N) is 1. The maximum atomic E-state index is 13.3. The summed E-state index contributed by atoms with van der Waals surface area (Å²) >= 11 is 0. The number of aliphatic hydroxyl groups excluding tert-OH is 1. The molecule has 4 nitrogen and oxygen atoms in total. The first-order valence-corrected chi connectivity index (χ1v) is 9.16. The van der Waals surface area contributed by atoms with E-state index in [0.29, 0.717) is 0 Å². The van der Waals surface area contributed by atoms with E-state index in [1.54, 1.807) is 6.08 Å². The van der Waals surface area contributed by atoms with Gasteiger partial charge < -0.3 is 10.0 Å². The summed E-state index contributed by atoms with van der Waals surface area (Å²) in [6.45, 7) is 3.84. The van der Waals surface area contributed by atoms with Crippen LogP contribution in [0, 0.1) is 5.82 Å². The quantitative estimate of drug-likeness (QED) is 0.308. The lowest BCUT2D eigenvalue weighted by atomic mass is 9.91. The molecule has 0 aromatic heterocycles. The lowest BCUT2D eigenvalue weighted by Gasteiger charge is -2.25. The zero-order valence-electron chi connectivity index (χ0n) is 15.5. The summed E-state index contributed by atoms with van der Waals surface area (Å²) in [4.78, 5) is 27.0. The van der Waals surface area contributed by atoms with Crippen molar-refractivity contribution in [3.63, 3.8) is 0 Å². The molecule has 0 spiro atoms. The van der Waals surface area contributed by atoms with Gasteiger partial charge in [-0.1, -0.05) is 48.5 Å². The number of benzene rings is 3. The van der Waals surface area contributed by atoms with Gasteiger partial charge in [0.25, 0.3) is 11.7 Å². The molecule has 1 heterocycles. The largest absolute Gasteiger partial charge is 0.507 e. The van der Waals surface area contributed by atoms with Crippen LogP contribution < -0.4 is 0 Å². The second kappa shape index (κ2) is 7.36. The van der Waals surface area contributed by atoms with E-state index in [0.717, 1.165) is 16.3 Å². The molecule has 0 radical (unpaired) electrons. The molecule has 0 saturated carbocycles. The number of likely N-dealkylation sites (tertiary alicyclic amines) is 1. The summed E-state index contributed by atoms with van der Waals surface area (Å²) < 4.78 is 13.3. The van der Waals surface area contributed by atoms with Crippen LogP contribution in [0.5, 0.6) is 0 Å². The van der Waals surface area contributed by atoms with Gasteiger partial charge in [-0.15, -0.1) is 6.58 Å². The number of amides is 1. The number of hydrogen-bond donors (Lipinski definition) is 1. The maximum absolute atomic E-state index is 13.3. The number of hydrogen-bond acceptors (Lipinski definition) is 3. The Morgan fingerprint density at radius 3 is 2.45 bits per heavy atom. The van der Waals surface area contributed by atoms with Crippen molar-refractivity contribution in [2.24, 2.45) is 0 Å². The topological polar surface area (TPSA) is 57.6 Å². The maximum Gasteiger partial charge on any atom is 0.295 e. The van der Waals surface area contributed by atoms with Crippen molar-refractivity contribution in [1.29, 1.82) is 0 Å². The highest BCUT2D eigenvalue weighted by Crippen LogP contribution is 2.41. The molecule has 1 N–H and O–H groups in total. The molecule has 3 aromatic rings. The molecule has 1 atom stereocenters. The van der Waals surface area contributed by atoms with Crippen LogP contribution in [-0.4, -0.2) is 28.2 Å². The fraction of sp³-hybridized carbons (Fsp3) is 0.0833. The molecule has 1 fully saturated rings. The molecule has 1 aliphatic rings. The van der Waals surface area contributed by atoms with Gasteiger partial charge in [-0.2, -0.15) is 0 Å². The minimum absolute atomic E-state index is 0.0141. The molecule has 144 valence electrons. The normalized spacial score (nSPS) is 18.4. The van der Waals surface area contributed by atoms with Crippen molar-refractivity contribution < 1.29 is 19.1 Å². The lowest BCUT2D eigenvalue weighted by molar-refractivity contribution is -0.139. The number of Topliss-reactive ketones (excluding diaryl/α,β-unsaturated/α-hetero) is 1. The third-order valence-corrected chi connectivity index (χ3v) is 5.10. The summed E-state index contributed by atoms with van der Waals surface area (Å²) in [5.41, 5.74) is 0.987. The molecule has 29 heavy (non-hydrogen) atoms. The lowest BCUT2D eigenvalue weighted by Crippen LogP contribution is -2.29. The van der Waals surface area contributed by atoms with Crippen LogP contribution in [0.1, 0.15) is 17.2 Å². The molecule has 3 aromatic carbocycles. The second-order valence-corrected chi connectivity index (χ2v) is 6.82. The molecule has 4 rings (SSSR count). The van der Waals surface area contributed by atoms with Gasteiger partial charge in [-0.05, 0) is 40.6 Å². The number of aliphatic hydroxyl groups is 1. The van der Waals surface area contributed by atoms with Crippen molar-refractivity contribution in [2.75, 3.05) is 6.54 Å². The number of halogens is 1. The van der Waals surface area contributed by atoms with E-state index >= 15 is 0 Å². The van der Waals surface area contributed by atoms with E-state index in [-0.39, 0.29) is 23.4 Å². The Hall–Kier alpha value is -3.73. The summed E-state index contributed by atoms with van der Waals surface area (Å²) in [5.74, 6) is -2.26. The van der Waals surface area contributed by atoms with Gasteiger partial charge in [0.05, 0.1) is 11.6 Å². The van der Waals surface area contributed by atoms with E-state index in [4.69, 9.17) is 0 Å². The van der Waals surface area contributed by atoms with Crippen LogP contribution in [0.2, 0.25) is 0 Å². The van der Waals surface area contributed by atoms with Gasteiger partial charge in [0.15, 0.2) is 0 Å². The molecule has 1 unspecified atom stereocenters. The third-order valence-electron chi connectivity index (χ3n) is 5.10. The summed E-state index contributed by atoms with van der Waals surface area (Å²) in [7, 11) is 0. The van der Waals surface area contributed by atoms with Gasteiger partial charge in [0.1, 0.15) is 11.6 Å². The van der Waals surface area contributed by atoms with Crippen LogP contribution in [0.25, 0.3) is 16.5 Å². The minimum atomic E-state index is -0.774. The molecule has 1 saturated heterocycles. The highest BCUT2D eigenvalue weighted by atomic mass is 19.1. The standard InChI is InChI=1S/C24H18FNO3/c1-2-14-26-21(19-9-5-7-15-6-3-4-8-18(15)19)20(23(28)24(26)29)22(27)16-10-12-17(25)13-11-16/h2-13,21,27H,1,14H2. The zero-order valence-corrected chi connectivity index (χ0v) is 15.5. The van der Waals surface area contributed by atoms with E-state index in [2.05, 4.69) is 6.58 Å². The van der Waals surface area contributed by atoms with Crippen molar-refractivity contribution in [3.05, 3.63) is 102 Å². The fourth-order valence-corrected chi connectivity index (χ4v) is 3.78. The molecule has 0 bridgehead atoms. The number of rotatable bonds is 4. The van der Waals surface area contributed by atoms with E-state index < -0.39 is 23.5 Å². The van der Waals surface area contributed by atoms with Gasteiger partial charge in [-0.25, -0.2) is 4.39 Å². The third kappa shape index (κ3) is 3.10. The molecular formula is C24H18FNO3. The molecule has 5 heteroatoms. The Morgan fingerprint density at radius 2 is 1.72 bits per heavy atom. The summed E-state index contributed by atoms with van der Waals surface area (Å²) in [6.07, 6.45) is 1.54. The van der Waals surface area contributed by atoms with Gasteiger partial charge in [0.2, 0.25) is 0 Å². The smallest absolute Gasteiger partial charge is 0.295 e. The van der Waals surface area contributed by atoms with Crippen molar-refractivity contribution >= 4 is 28.2 Å². The number of carbonyl (C=O) groups is 2. The Bertz CT molecular complexity index is 1160. The predicted octanol–water partition coefficient (Wildman–Crippen LogP) is 4.59. The van der Waals surface area contributed by atoms with Gasteiger partial charge >= 0.3 is 0 Å². The fourth-order valence-electron chi connectivity index (χ4n) is 3.78. The van der Waals surface area contributed by atoms with E-state index in [1.807, 2.05) is 42.5 Å². The number of carbonyl (C=O) groups excluding carboxylic acids is 2. The van der Waals surface area contributed by atoms with Gasteiger partial charge in [0, 0.05) is 12.1 Å². The molecule has 0 aliphatic carbocycles. The Labute approximate surface area is 167 Å². The van der Waals surface area contributed by atoms with E-state index in [9.17, 15) is 19.1 Å². The van der Waals surface area contributed by atoms with Crippen molar-refractivity contribution in [3.8, 4) is 0 Å². The molecule has 1 amide bonds. The average molecular weight is 387 g/mol. The van der Waals surface area contributed by atoms with Crippen molar-refractivity contribution in [1.82, 2.24) is 4.90 Å².